The van der Waals surface area contributed by atoms with Gasteiger partial charge in [0.25, 0.3) is 5.91 Å². The Morgan fingerprint density at radius 3 is 2.71 bits per heavy atom. The summed E-state index contributed by atoms with van der Waals surface area (Å²) >= 11 is 14.3. The molecule has 0 spiro atoms. The second kappa shape index (κ2) is 8.38. The van der Waals surface area contributed by atoms with Crippen molar-refractivity contribution < 1.29 is 14.6 Å². The van der Waals surface area contributed by atoms with E-state index in [1.165, 1.54) is 10.9 Å². The predicted octanol–water partition coefficient (Wildman–Crippen LogP) is 6.55. The van der Waals surface area contributed by atoms with E-state index in [0.29, 0.717) is 18.1 Å². The molecule has 31 heavy (non-hydrogen) atoms. The highest BCUT2D eigenvalue weighted by molar-refractivity contribution is 7.16. The number of nitrogens with one attached hydrogen (secondary N) is 2. The molecule has 0 fully saturated rings. The van der Waals surface area contributed by atoms with Crippen LogP contribution in [0.3, 0.4) is 0 Å². The van der Waals surface area contributed by atoms with E-state index in [1.54, 1.807) is 11.3 Å². The van der Waals surface area contributed by atoms with Gasteiger partial charge in [0.1, 0.15) is 11.2 Å². The lowest BCUT2D eigenvalue weighted by atomic mass is 9.69. The van der Waals surface area contributed by atoms with Crippen LogP contribution in [0.4, 0.5) is 5.00 Å². The van der Waals surface area contributed by atoms with E-state index in [0.717, 1.165) is 41.8 Å². The van der Waals surface area contributed by atoms with E-state index < -0.39 is 6.17 Å². The average Bonchev–Trinajstić information content (AvgIpc) is 3.10. The third kappa shape index (κ3) is 3.87. The predicted molar refractivity (Wildman–Crippen MR) is 127 cm³/mol. The van der Waals surface area contributed by atoms with Gasteiger partial charge < -0.3 is 20.5 Å². The summed E-state index contributed by atoms with van der Waals surface area (Å²) in [6, 6.07) is 1.49. The fourth-order valence-corrected chi connectivity index (χ4v) is 6.35. The molecular weight excluding hydrogens is 455 g/mol. The molecule has 1 aliphatic heterocycles. The standard InChI is InChI=1S/C23H28Cl2N2O3S/c1-5-23(3,4)11-7-8-12-15(9-11)31-22-16(12)21(29)26-20(27-22)17-18(25)13(24)10-14(19(17)28)30-6-2/h10-11,20,27-28H,5-9H2,1-4H3,(H,26,29)/t11-,20-/m0/s1. The number of hydrogen-bond donors (Lipinski definition) is 3. The lowest BCUT2D eigenvalue weighted by Crippen LogP contribution is -2.38. The Morgan fingerprint density at radius 1 is 1.29 bits per heavy atom. The zero-order valence-electron chi connectivity index (χ0n) is 18.2. The van der Waals surface area contributed by atoms with E-state index >= 15 is 0 Å². The molecule has 1 amide bonds. The van der Waals surface area contributed by atoms with Crippen LogP contribution in [0.5, 0.6) is 11.5 Å². The number of anilines is 1. The molecule has 8 heteroatoms. The fraction of sp³-hybridized carbons (Fsp3) is 0.522. The molecule has 0 saturated heterocycles. The number of hydrogen-bond acceptors (Lipinski definition) is 5. The third-order valence-corrected chi connectivity index (χ3v) is 8.83. The van der Waals surface area contributed by atoms with Crippen molar-refractivity contribution in [1.29, 1.82) is 0 Å². The molecule has 5 nitrogen and oxygen atoms in total. The minimum Gasteiger partial charge on any atom is -0.504 e. The van der Waals surface area contributed by atoms with Crippen molar-refractivity contribution in [2.24, 2.45) is 11.3 Å². The van der Waals surface area contributed by atoms with Gasteiger partial charge in [-0.15, -0.1) is 11.3 Å². The summed E-state index contributed by atoms with van der Waals surface area (Å²) in [6.45, 7) is 9.09. The second-order valence-corrected chi connectivity index (χ2v) is 10.8. The Morgan fingerprint density at radius 2 is 2.03 bits per heavy atom. The van der Waals surface area contributed by atoms with Crippen molar-refractivity contribution in [3.8, 4) is 11.5 Å². The first-order chi connectivity index (χ1) is 14.7. The molecule has 0 unspecified atom stereocenters. The molecule has 2 aromatic rings. The molecule has 168 valence electrons. The molecule has 1 aliphatic carbocycles. The van der Waals surface area contributed by atoms with E-state index in [2.05, 4.69) is 31.4 Å². The molecule has 0 radical (unpaired) electrons. The third-order valence-electron chi connectivity index (χ3n) is 6.84. The molecular formula is C23H28Cl2N2O3S. The first-order valence-electron chi connectivity index (χ1n) is 10.7. The molecule has 1 aromatic carbocycles. The van der Waals surface area contributed by atoms with Crippen LogP contribution in [0.25, 0.3) is 0 Å². The number of carbonyl (C=O) groups excluding carboxylic acids is 1. The highest BCUT2D eigenvalue weighted by atomic mass is 35.5. The fourth-order valence-electron chi connectivity index (χ4n) is 4.54. The largest absolute Gasteiger partial charge is 0.504 e. The number of thiophene rings is 1. The Hall–Kier alpha value is -1.63. The zero-order chi connectivity index (χ0) is 22.5. The molecule has 4 rings (SSSR count). The molecule has 3 N–H and O–H groups in total. The molecule has 0 bridgehead atoms. The topological polar surface area (TPSA) is 70.6 Å². The quantitative estimate of drug-likeness (QED) is 0.451. The normalized spacial score (nSPS) is 20.5. The lowest BCUT2D eigenvalue weighted by molar-refractivity contribution is 0.0934. The van der Waals surface area contributed by atoms with Crippen LogP contribution in [-0.4, -0.2) is 17.6 Å². The maximum atomic E-state index is 13.1. The van der Waals surface area contributed by atoms with E-state index in [4.69, 9.17) is 27.9 Å². The monoisotopic (exact) mass is 482 g/mol. The van der Waals surface area contributed by atoms with Gasteiger partial charge in [0.15, 0.2) is 11.5 Å². The first-order valence-corrected chi connectivity index (χ1v) is 12.3. The van der Waals surface area contributed by atoms with Crippen LogP contribution in [0.1, 0.15) is 73.1 Å². The van der Waals surface area contributed by atoms with Gasteiger partial charge in [0.2, 0.25) is 0 Å². The number of amides is 1. The van der Waals surface area contributed by atoms with Gasteiger partial charge in [-0.25, -0.2) is 0 Å². The number of aromatic hydroxyl groups is 1. The summed E-state index contributed by atoms with van der Waals surface area (Å²) in [5, 5.41) is 18.4. The van der Waals surface area contributed by atoms with Crippen LogP contribution in [0.2, 0.25) is 10.0 Å². The summed E-state index contributed by atoms with van der Waals surface area (Å²) in [6.07, 6.45) is 3.42. The number of fused-ring (bicyclic) bond motifs is 3. The van der Waals surface area contributed by atoms with Gasteiger partial charge in [0, 0.05) is 10.9 Å². The smallest absolute Gasteiger partial charge is 0.256 e. The first kappa shape index (κ1) is 22.6. The summed E-state index contributed by atoms with van der Waals surface area (Å²) in [5.41, 5.74) is 2.47. The summed E-state index contributed by atoms with van der Waals surface area (Å²) < 4.78 is 5.49. The number of ether oxygens (including phenoxy) is 1. The Bertz CT molecular complexity index is 1030. The van der Waals surface area contributed by atoms with E-state index in [-0.39, 0.29) is 32.9 Å². The van der Waals surface area contributed by atoms with Crippen molar-refractivity contribution in [1.82, 2.24) is 5.32 Å². The molecule has 1 aromatic heterocycles. The number of benzene rings is 1. The van der Waals surface area contributed by atoms with Crippen LogP contribution < -0.4 is 15.4 Å². The van der Waals surface area contributed by atoms with Gasteiger partial charge in [-0.3, -0.25) is 4.79 Å². The van der Waals surface area contributed by atoms with Gasteiger partial charge in [-0.2, -0.15) is 0 Å². The van der Waals surface area contributed by atoms with Crippen molar-refractivity contribution in [3.05, 3.63) is 37.7 Å². The lowest BCUT2D eigenvalue weighted by Gasteiger charge is -2.36. The zero-order valence-corrected chi connectivity index (χ0v) is 20.5. The summed E-state index contributed by atoms with van der Waals surface area (Å²) in [5.74, 6) is 0.564. The van der Waals surface area contributed by atoms with Gasteiger partial charge >= 0.3 is 0 Å². The number of halogens is 2. The summed E-state index contributed by atoms with van der Waals surface area (Å²) in [7, 11) is 0. The number of phenols is 1. The van der Waals surface area contributed by atoms with Gasteiger partial charge in [-0.1, -0.05) is 50.4 Å². The average molecular weight is 483 g/mol. The van der Waals surface area contributed by atoms with Crippen LogP contribution >= 0.6 is 34.5 Å². The maximum absolute atomic E-state index is 13.1. The minimum absolute atomic E-state index is 0.122. The number of carbonyl (C=O) groups is 1. The Labute approximate surface area is 197 Å². The van der Waals surface area contributed by atoms with Crippen LogP contribution in [0, 0.1) is 11.3 Å². The van der Waals surface area contributed by atoms with Gasteiger partial charge in [-0.05, 0) is 43.1 Å². The minimum atomic E-state index is -0.701. The van der Waals surface area contributed by atoms with Gasteiger partial charge in [0.05, 0.1) is 27.8 Å². The van der Waals surface area contributed by atoms with Crippen molar-refractivity contribution >= 4 is 45.4 Å². The Kier molecular flexibility index (Phi) is 6.10. The highest BCUT2D eigenvalue weighted by Gasteiger charge is 2.38. The maximum Gasteiger partial charge on any atom is 0.256 e. The van der Waals surface area contributed by atoms with E-state index in [9.17, 15) is 9.90 Å². The second-order valence-electron chi connectivity index (χ2n) is 8.91. The van der Waals surface area contributed by atoms with Crippen molar-refractivity contribution in [2.45, 2.75) is 59.5 Å². The van der Waals surface area contributed by atoms with E-state index in [1.807, 2.05) is 6.92 Å². The van der Waals surface area contributed by atoms with Crippen molar-refractivity contribution in [3.63, 3.8) is 0 Å². The number of rotatable bonds is 5. The number of phenolic OH excluding ortho intramolecular Hbond substituents is 1. The van der Waals surface area contributed by atoms with Crippen molar-refractivity contribution in [2.75, 3.05) is 11.9 Å². The highest BCUT2D eigenvalue weighted by Crippen LogP contribution is 2.49. The molecule has 2 heterocycles. The van der Waals surface area contributed by atoms with Crippen LogP contribution in [-0.2, 0) is 12.8 Å². The molecule has 0 saturated carbocycles. The van der Waals surface area contributed by atoms with Crippen LogP contribution in [0.15, 0.2) is 6.07 Å². The summed E-state index contributed by atoms with van der Waals surface area (Å²) in [4.78, 5) is 14.4. The Balaban J connectivity index is 1.69. The molecule has 2 aliphatic rings. The SMILES string of the molecule is CCOc1cc(Cl)c(Cl)c([C@H]2NC(=O)c3c(sc4c3CC[C@H](C(C)(C)CC)C4)N2)c1O. The molecule has 2 atom stereocenters.